The van der Waals surface area contributed by atoms with Crippen molar-refractivity contribution < 1.29 is 14.3 Å². The van der Waals surface area contributed by atoms with E-state index in [1.807, 2.05) is 0 Å². The van der Waals surface area contributed by atoms with Crippen molar-refractivity contribution in [2.75, 3.05) is 0 Å². The fourth-order valence-corrected chi connectivity index (χ4v) is 1.90. The normalized spacial score (nSPS) is 10.8. The molecular weight excluding hydrogens is 291 g/mol. The minimum atomic E-state index is 0.236. The van der Waals surface area contributed by atoms with Crippen molar-refractivity contribution in [1.82, 2.24) is 5.16 Å². The first-order valence-corrected chi connectivity index (χ1v) is 5.94. The Morgan fingerprint density at radius 2 is 2.16 bits per heavy atom. The summed E-state index contributed by atoms with van der Waals surface area (Å²) < 4.78 is 10.1. The van der Waals surface area contributed by atoms with Gasteiger partial charge in [-0.15, -0.1) is 0 Å². The summed E-state index contributed by atoms with van der Waals surface area (Å²) in [5.41, 5.74) is 0.500. The topological polar surface area (TPSA) is 62.2 Å². The molecule has 1 heterocycles. The van der Waals surface area contributed by atoms with Crippen LogP contribution in [0.2, 0.25) is 10.0 Å². The van der Waals surface area contributed by atoms with Crippen molar-refractivity contribution in [2.45, 2.75) is 0 Å². The van der Waals surface area contributed by atoms with Gasteiger partial charge >= 0.3 is 0 Å². The Morgan fingerprint density at radius 3 is 3.00 bits per heavy atom. The third-order valence-corrected chi connectivity index (χ3v) is 3.25. The molecule has 0 spiro atoms. The molecule has 0 aliphatic heterocycles. The fraction of sp³-hybridized carbons (Fsp3) is 0. The lowest BCUT2D eigenvalue weighted by Crippen LogP contribution is -2.22. The van der Waals surface area contributed by atoms with Gasteiger partial charge in [-0.25, -0.2) is 0 Å². The first kappa shape index (κ1) is 12.1. The first-order valence-electron chi connectivity index (χ1n) is 5.19. The third kappa shape index (κ3) is 2.07. The number of hydrogen-bond acceptors (Lipinski definition) is 4. The van der Waals surface area contributed by atoms with Crippen LogP contribution < -0.4 is 9.64 Å². The van der Waals surface area contributed by atoms with Crippen molar-refractivity contribution in [3.8, 4) is 11.5 Å². The van der Waals surface area contributed by atoms with Gasteiger partial charge in [0.15, 0.2) is 5.75 Å². The second kappa shape index (κ2) is 4.60. The van der Waals surface area contributed by atoms with Gasteiger partial charge in [0.05, 0.1) is 10.2 Å². The van der Waals surface area contributed by atoms with E-state index in [-0.39, 0.29) is 26.7 Å². The van der Waals surface area contributed by atoms with Gasteiger partial charge in [-0.3, -0.25) is 4.63 Å². The largest absolute Gasteiger partial charge is 0.450 e. The molecule has 7 heteroatoms. The van der Waals surface area contributed by atoms with Gasteiger partial charge in [0, 0.05) is 6.07 Å². The summed E-state index contributed by atoms with van der Waals surface area (Å²) in [5, 5.41) is 15.5. The summed E-state index contributed by atoms with van der Waals surface area (Å²) in [6.07, 6.45) is 0. The molecule has 0 fully saturated rings. The van der Waals surface area contributed by atoms with Crippen molar-refractivity contribution in [3.63, 3.8) is 0 Å². The zero-order chi connectivity index (χ0) is 13.4. The van der Waals surface area contributed by atoms with Crippen molar-refractivity contribution in [3.05, 3.63) is 51.7 Å². The highest BCUT2D eigenvalue weighted by Crippen LogP contribution is 2.35. The van der Waals surface area contributed by atoms with Crippen LogP contribution in [0.4, 0.5) is 0 Å². The van der Waals surface area contributed by atoms with E-state index in [1.165, 1.54) is 12.1 Å². The predicted molar refractivity (Wildman–Crippen MR) is 68.3 cm³/mol. The molecule has 0 bridgehead atoms. The van der Waals surface area contributed by atoms with E-state index in [1.54, 1.807) is 18.2 Å². The number of benzene rings is 2. The van der Waals surface area contributed by atoms with E-state index < -0.39 is 0 Å². The molecule has 1 aromatic heterocycles. The van der Waals surface area contributed by atoms with Crippen LogP contribution >= 0.6 is 23.2 Å². The van der Waals surface area contributed by atoms with E-state index >= 15 is 0 Å². The second-order valence-corrected chi connectivity index (χ2v) is 4.41. The third-order valence-electron chi connectivity index (χ3n) is 2.44. The number of hydrogen-bond donors (Lipinski definition) is 0. The van der Waals surface area contributed by atoms with Gasteiger partial charge in [-0.05, 0) is 29.2 Å². The van der Waals surface area contributed by atoms with Gasteiger partial charge in [0.2, 0.25) is 5.52 Å². The van der Waals surface area contributed by atoms with Crippen LogP contribution in [0.1, 0.15) is 0 Å². The molecule has 0 saturated heterocycles. The average molecular weight is 296 g/mol. The number of nitrogens with zero attached hydrogens (tertiary/aromatic N) is 2. The Bertz CT molecular complexity index is 758. The fourth-order valence-electron chi connectivity index (χ4n) is 1.57. The molecule has 0 N–H and O–H groups in total. The Hall–Kier alpha value is -1.98. The summed E-state index contributed by atoms with van der Waals surface area (Å²) in [4.78, 5) is 0.287. The lowest BCUT2D eigenvalue weighted by molar-refractivity contribution is -0.782. The van der Waals surface area contributed by atoms with Crippen LogP contribution in [0.15, 0.2) is 35.0 Å². The highest BCUT2D eigenvalue weighted by Gasteiger charge is 2.17. The smallest absolute Gasteiger partial charge is 0.291 e. The molecule has 0 aliphatic rings. The van der Waals surface area contributed by atoms with E-state index in [0.717, 1.165) is 0 Å². The average Bonchev–Trinajstić information content (AvgIpc) is 2.78. The van der Waals surface area contributed by atoms with E-state index in [4.69, 9.17) is 27.9 Å². The zero-order valence-electron chi connectivity index (χ0n) is 9.26. The summed E-state index contributed by atoms with van der Waals surface area (Å²) >= 11 is 11.9. The Labute approximate surface area is 117 Å². The Morgan fingerprint density at radius 1 is 1.32 bits per heavy atom. The number of halogens is 2. The number of aromatic nitrogens is 2. The SMILES string of the molecule is [O-][n+]1onc2c(Oc3cccc(Cl)c3Cl)[c]ccc21. The molecule has 2 aromatic carbocycles. The van der Waals surface area contributed by atoms with Crippen LogP contribution in [0.25, 0.3) is 11.0 Å². The first-order chi connectivity index (χ1) is 9.16. The number of fused-ring (bicyclic) bond motifs is 1. The highest BCUT2D eigenvalue weighted by molar-refractivity contribution is 6.42. The number of rotatable bonds is 2. The van der Waals surface area contributed by atoms with Crippen LogP contribution in [0.5, 0.6) is 11.5 Å². The predicted octanol–water partition coefficient (Wildman–Crippen LogP) is 3.36. The van der Waals surface area contributed by atoms with Crippen LogP contribution in [0, 0.1) is 11.3 Å². The standard InChI is InChI=1S/C12H5Cl2N2O3/c13-7-3-1-5-9(11(7)14)18-10-6-2-4-8-12(10)15-19-16(8)17/h1-5H. The second-order valence-electron chi connectivity index (χ2n) is 3.62. The lowest BCUT2D eigenvalue weighted by Gasteiger charge is -2.06. The van der Waals surface area contributed by atoms with Crippen LogP contribution in [-0.4, -0.2) is 5.16 Å². The van der Waals surface area contributed by atoms with Gasteiger partial charge in [0.25, 0.3) is 5.52 Å². The van der Waals surface area contributed by atoms with Gasteiger partial charge in [-0.2, -0.15) is 0 Å². The van der Waals surface area contributed by atoms with Gasteiger partial charge in [0.1, 0.15) is 10.8 Å². The van der Waals surface area contributed by atoms with E-state index in [9.17, 15) is 5.21 Å². The van der Waals surface area contributed by atoms with Crippen molar-refractivity contribution in [2.24, 2.45) is 0 Å². The molecule has 3 aromatic rings. The minimum absolute atomic E-state index is 0.236. The van der Waals surface area contributed by atoms with Crippen molar-refractivity contribution >= 4 is 34.2 Å². The van der Waals surface area contributed by atoms with E-state index in [2.05, 4.69) is 15.9 Å². The molecule has 1 radical (unpaired) electrons. The molecule has 95 valence electrons. The minimum Gasteiger partial charge on any atom is -0.450 e. The lowest BCUT2D eigenvalue weighted by atomic mass is 10.3. The maximum absolute atomic E-state index is 11.3. The molecule has 19 heavy (non-hydrogen) atoms. The van der Waals surface area contributed by atoms with E-state index in [0.29, 0.717) is 10.8 Å². The Balaban J connectivity index is 2.08. The molecule has 0 atom stereocenters. The Kier molecular flexibility index (Phi) is 2.93. The zero-order valence-corrected chi connectivity index (χ0v) is 10.8. The van der Waals surface area contributed by atoms with Crippen molar-refractivity contribution in [1.29, 1.82) is 0 Å². The summed E-state index contributed by atoms with van der Waals surface area (Å²) in [6, 6.07) is 10.9. The maximum atomic E-state index is 11.3. The van der Waals surface area contributed by atoms with Gasteiger partial charge < -0.3 is 9.94 Å². The molecule has 3 rings (SSSR count). The monoisotopic (exact) mass is 295 g/mol. The maximum Gasteiger partial charge on any atom is 0.291 e. The van der Waals surface area contributed by atoms with Crippen LogP contribution in [0.3, 0.4) is 0 Å². The summed E-state index contributed by atoms with van der Waals surface area (Å²) in [6.45, 7) is 0. The molecule has 5 nitrogen and oxygen atoms in total. The molecular formula is C12H5Cl2N2O3. The summed E-state index contributed by atoms with van der Waals surface area (Å²) in [7, 11) is 0. The number of ether oxygens (including phenoxy) is 1. The molecule has 0 amide bonds. The van der Waals surface area contributed by atoms with Gasteiger partial charge in [-0.1, -0.05) is 29.3 Å². The summed E-state index contributed by atoms with van der Waals surface area (Å²) in [5.74, 6) is 0.582. The molecule has 0 aliphatic carbocycles. The quantitative estimate of drug-likeness (QED) is 0.680. The molecule has 0 saturated carbocycles. The van der Waals surface area contributed by atoms with Crippen LogP contribution in [-0.2, 0) is 0 Å². The molecule has 0 unspecified atom stereocenters. The highest BCUT2D eigenvalue weighted by atomic mass is 35.5.